The van der Waals surface area contributed by atoms with Crippen molar-refractivity contribution in [3.05, 3.63) is 71.8 Å². The lowest BCUT2D eigenvalue weighted by Gasteiger charge is -2.11. The molecule has 29 heavy (non-hydrogen) atoms. The zero-order valence-electron chi connectivity index (χ0n) is 16.2. The summed E-state index contributed by atoms with van der Waals surface area (Å²) in [4.78, 5) is 17.7. The molecule has 0 spiro atoms. The van der Waals surface area contributed by atoms with E-state index in [2.05, 4.69) is 10.3 Å². The lowest BCUT2D eigenvalue weighted by molar-refractivity contribution is -0.137. The molecule has 1 aromatic heterocycles. The molecule has 3 rings (SSSR count). The Morgan fingerprint density at radius 1 is 1.03 bits per heavy atom. The van der Waals surface area contributed by atoms with Crippen LogP contribution in [0.25, 0.3) is 22.5 Å². The summed E-state index contributed by atoms with van der Waals surface area (Å²) in [6, 6.07) is 15.9. The monoisotopic (exact) mass is 401 g/mol. The number of halogens is 3. The number of aromatic nitrogens is 1. The first-order valence-electron chi connectivity index (χ1n) is 9.15. The number of carbonyl (C=O) groups excluding carboxylic acids is 1. The summed E-state index contributed by atoms with van der Waals surface area (Å²) in [7, 11) is 3.79. The van der Waals surface area contributed by atoms with Gasteiger partial charge >= 0.3 is 6.18 Å². The van der Waals surface area contributed by atoms with Gasteiger partial charge in [0.05, 0.1) is 16.8 Å². The number of alkyl halides is 3. The van der Waals surface area contributed by atoms with Crippen molar-refractivity contribution in [3.8, 4) is 22.5 Å². The van der Waals surface area contributed by atoms with Gasteiger partial charge in [-0.1, -0.05) is 48.5 Å². The van der Waals surface area contributed by atoms with Crippen molar-refractivity contribution in [1.82, 2.24) is 15.2 Å². The van der Waals surface area contributed by atoms with E-state index < -0.39 is 11.7 Å². The van der Waals surface area contributed by atoms with Crippen LogP contribution in [0.2, 0.25) is 0 Å². The Labute approximate surface area is 167 Å². The number of nitrogens with zero attached hydrogens (tertiary/aromatic N) is 1. The number of rotatable bonds is 6. The van der Waals surface area contributed by atoms with E-state index in [1.54, 1.807) is 6.07 Å². The molecule has 0 aliphatic carbocycles. The van der Waals surface area contributed by atoms with Gasteiger partial charge in [0.1, 0.15) is 0 Å². The average molecular weight is 401 g/mol. The minimum Gasteiger partial charge on any atom is -0.354 e. The summed E-state index contributed by atoms with van der Waals surface area (Å²) < 4.78 is 40.4. The second-order valence-electron chi connectivity index (χ2n) is 6.94. The third-order valence-electron chi connectivity index (χ3n) is 4.49. The maximum Gasteiger partial charge on any atom is 0.417 e. The van der Waals surface area contributed by atoms with Crippen molar-refractivity contribution in [1.29, 1.82) is 0 Å². The zero-order chi connectivity index (χ0) is 21.0. The Hall–Kier alpha value is -3.06. The van der Waals surface area contributed by atoms with Crippen LogP contribution in [0.5, 0.6) is 0 Å². The predicted molar refractivity (Wildman–Crippen MR) is 108 cm³/mol. The molecule has 2 N–H and O–H groups in total. The molecular weight excluding hydrogens is 379 g/mol. The second-order valence-corrected chi connectivity index (χ2v) is 6.94. The highest BCUT2D eigenvalue weighted by molar-refractivity contribution is 6.01. The Bertz CT molecular complexity index is 978. The maximum absolute atomic E-state index is 13.5. The zero-order valence-corrected chi connectivity index (χ0v) is 16.2. The summed E-state index contributed by atoms with van der Waals surface area (Å²) in [5.41, 5.74) is 1.02. The van der Waals surface area contributed by atoms with E-state index in [1.807, 2.05) is 49.3 Å². The van der Waals surface area contributed by atoms with Gasteiger partial charge in [0.15, 0.2) is 0 Å². The van der Waals surface area contributed by atoms with Crippen molar-refractivity contribution >= 4 is 5.91 Å². The molecule has 7 heteroatoms. The van der Waals surface area contributed by atoms with Crippen molar-refractivity contribution in [2.75, 3.05) is 27.2 Å². The van der Waals surface area contributed by atoms with Crippen LogP contribution in [0, 0.1) is 0 Å². The SMILES string of the molecule is CN(C)CCNC(=O)c1cc(-c2ccccc2C(F)(F)F)[nH]c1-c1ccccc1. The van der Waals surface area contributed by atoms with Crippen LogP contribution < -0.4 is 5.32 Å². The molecule has 2 aromatic carbocycles. The summed E-state index contributed by atoms with van der Waals surface area (Å²) in [6.07, 6.45) is -4.50. The first-order chi connectivity index (χ1) is 13.8. The molecule has 1 amide bonds. The standard InChI is InChI=1S/C22H22F3N3O/c1-28(2)13-12-26-21(29)17-14-19(27-20(17)15-8-4-3-5-9-15)16-10-6-7-11-18(16)22(23,24)25/h3-11,14,27H,12-13H2,1-2H3,(H,26,29). The maximum atomic E-state index is 13.5. The molecule has 0 saturated carbocycles. The van der Waals surface area contributed by atoms with E-state index in [1.165, 1.54) is 18.2 Å². The number of aromatic amines is 1. The second kappa shape index (κ2) is 8.53. The van der Waals surface area contributed by atoms with Crippen LogP contribution in [-0.4, -0.2) is 43.0 Å². The van der Waals surface area contributed by atoms with Crippen molar-refractivity contribution in [3.63, 3.8) is 0 Å². The highest BCUT2D eigenvalue weighted by atomic mass is 19.4. The fraction of sp³-hybridized carbons (Fsp3) is 0.227. The predicted octanol–water partition coefficient (Wildman–Crippen LogP) is 4.66. The van der Waals surface area contributed by atoms with E-state index >= 15 is 0 Å². The Morgan fingerprint density at radius 3 is 2.34 bits per heavy atom. The smallest absolute Gasteiger partial charge is 0.354 e. The minimum absolute atomic E-state index is 0.00419. The summed E-state index contributed by atoms with van der Waals surface area (Å²) in [5.74, 6) is -0.335. The fourth-order valence-electron chi connectivity index (χ4n) is 3.06. The van der Waals surface area contributed by atoms with Gasteiger partial charge in [-0.2, -0.15) is 13.2 Å². The molecule has 1 heterocycles. The highest BCUT2D eigenvalue weighted by Crippen LogP contribution is 2.38. The topological polar surface area (TPSA) is 48.1 Å². The first-order valence-corrected chi connectivity index (χ1v) is 9.15. The van der Waals surface area contributed by atoms with Crippen molar-refractivity contribution < 1.29 is 18.0 Å². The summed E-state index contributed by atoms with van der Waals surface area (Å²) in [5, 5.41) is 2.83. The Morgan fingerprint density at radius 2 is 1.69 bits per heavy atom. The number of amides is 1. The van der Waals surface area contributed by atoms with E-state index in [0.29, 0.717) is 24.3 Å². The van der Waals surface area contributed by atoms with Gasteiger partial charge in [-0.3, -0.25) is 4.79 Å². The minimum atomic E-state index is -4.50. The van der Waals surface area contributed by atoms with Crippen molar-refractivity contribution in [2.45, 2.75) is 6.18 Å². The van der Waals surface area contributed by atoms with Gasteiger partial charge in [0, 0.05) is 24.3 Å². The van der Waals surface area contributed by atoms with Crippen LogP contribution in [0.3, 0.4) is 0 Å². The fourth-order valence-corrected chi connectivity index (χ4v) is 3.06. The van der Waals surface area contributed by atoms with Crippen LogP contribution in [0.1, 0.15) is 15.9 Å². The molecule has 0 saturated heterocycles. The molecule has 0 atom stereocenters. The number of benzene rings is 2. The largest absolute Gasteiger partial charge is 0.417 e. The number of H-pyrrole nitrogens is 1. The van der Waals surface area contributed by atoms with Gasteiger partial charge in [0.25, 0.3) is 5.91 Å². The molecular formula is C22H22F3N3O. The molecule has 0 aliphatic heterocycles. The van der Waals surface area contributed by atoms with E-state index in [0.717, 1.165) is 11.6 Å². The molecule has 0 bridgehead atoms. The third-order valence-corrected chi connectivity index (χ3v) is 4.49. The van der Waals surface area contributed by atoms with Gasteiger partial charge in [-0.05, 0) is 31.8 Å². The number of carbonyl (C=O) groups is 1. The van der Waals surface area contributed by atoms with E-state index in [9.17, 15) is 18.0 Å². The highest BCUT2D eigenvalue weighted by Gasteiger charge is 2.34. The summed E-state index contributed by atoms with van der Waals surface area (Å²) in [6.45, 7) is 1.08. The molecule has 152 valence electrons. The van der Waals surface area contributed by atoms with Gasteiger partial charge < -0.3 is 15.2 Å². The number of likely N-dealkylation sites (N-methyl/N-ethyl adjacent to an activating group) is 1. The summed E-state index contributed by atoms with van der Waals surface area (Å²) >= 11 is 0. The molecule has 4 nitrogen and oxygen atoms in total. The molecule has 0 unspecified atom stereocenters. The van der Waals surface area contributed by atoms with Crippen LogP contribution in [0.15, 0.2) is 60.7 Å². The number of nitrogens with one attached hydrogen (secondary N) is 2. The first kappa shape index (κ1) is 20.7. The van der Waals surface area contributed by atoms with E-state index in [4.69, 9.17) is 0 Å². The quantitative estimate of drug-likeness (QED) is 0.631. The van der Waals surface area contributed by atoms with Gasteiger partial charge in [-0.15, -0.1) is 0 Å². The lowest BCUT2D eigenvalue weighted by atomic mass is 10.0. The molecule has 0 radical (unpaired) electrons. The molecule has 0 aliphatic rings. The van der Waals surface area contributed by atoms with Crippen LogP contribution in [-0.2, 0) is 6.18 Å². The Kier molecular flexibility index (Phi) is 6.08. The van der Waals surface area contributed by atoms with E-state index in [-0.39, 0.29) is 17.2 Å². The third kappa shape index (κ3) is 4.86. The average Bonchev–Trinajstić information content (AvgIpc) is 3.13. The molecule has 0 fully saturated rings. The van der Waals surface area contributed by atoms with Gasteiger partial charge in [-0.25, -0.2) is 0 Å². The van der Waals surface area contributed by atoms with Crippen molar-refractivity contribution in [2.24, 2.45) is 0 Å². The normalized spacial score (nSPS) is 11.7. The molecule has 3 aromatic rings. The number of hydrogen-bond acceptors (Lipinski definition) is 2. The van der Waals surface area contributed by atoms with Gasteiger partial charge in [0.2, 0.25) is 0 Å². The van der Waals surface area contributed by atoms with Crippen LogP contribution in [0.4, 0.5) is 13.2 Å². The number of hydrogen-bond donors (Lipinski definition) is 2. The Balaban J connectivity index is 2.06. The lowest BCUT2D eigenvalue weighted by Crippen LogP contribution is -2.31. The van der Waals surface area contributed by atoms with Crippen LogP contribution >= 0.6 is 0 Å².